The van der Waals surface area contributed by atoms with E-state index in [1.165, 1.54) is 13.3 Å². The Morgan fingerprint density at radius 2 is 1.83 bits per heavy atom. The van der Waals surface area contributed by atoms with Crippen molar-refractivity contribution in [2.45, 2.75) is 6.18 Å². The van der Waals surface area contributed by atoms with Gasteiger partial charge in [-0.2, -0.15) is 13.2 Å². The number of fused-ring (bicyclic) bond motifs is 1. The number of amides is 1. The molecule has 1 amide bonds. The van der Waals surface area contributed by atoms with Crippen molar-refractivity contribution in [1.82, 2.24) is 4.98 Å². The van der Waals surface area contributed by atoms with Crippen molar-refractivity contribution in [1.29, 1.82) is 0 Å². The maximum absolute atomic E-state index is 13.5. The van der Waals surface area contributed by atoms with Crippen LogP contribution in [0.25, 0.3) is 10.9 Å². The van der Waals surface area contributed by atoms with Crippen molar-refractivity contribution >= 4 is 28.2 Å². The second-order valence-electron chi connectivity index (χ2n) is 6.15. The average Bonchev–Trinajstić information content (AvgIpc) is 3.03. The highest BCUT2D eigenvalue weighted by Crippen LogP contribution is 2.35. The summed E-state index contributed by atoms with van der Waals surface area (Å²) in [7, 11) is 1.41. The first-order valence-corrected chi connectivity index (χ1v) is 8.42. The minimum atomic E-state index is -4.61. The monoisotopic (exact) mass is 413 g/mol. The first-order valence-electron chi connectivity index (χ1n) is 8.42. The van der Waals surface area contributed by atoms with Gasteiger partial charge in [-0.1, -0.05) is 0 Å². The van der Waals surface area contributed by atoms with Crippen LogP contribution in [0.2, 0.25) is 0 Å². The van der Waals surface area contributed by atoms with Crippen LogP contribution in [0.15, 0.2) is 36.5 Å². The molecule has 0 spiro atoms. The molecule has 0 bridgehead atoms. The molecule has 0 saturated heterocycles. The van der Waals surface area contributed by atoms with Crippen LogP contribution in [0.1, 0.15) is 15.9 Å². The quantitative estimate of drug-likeness (QED) is 0.403. The molecule has 0 aliphatic carbocycles. The Morgan fingerprint density at radius 1 is 1.10 bits per heavy atom. The van der Waals surface area contributed by atoms with E-state index >= 15 is 0 Å². The number of hydrogen-bond donors (Lipinski definition) is 3. The molecule has 3 aromatic rings. The molecule has 0 radical (unpaired) electrons. The molecule has 10 heteroatoms. The van der Waals surface area contributed by atoms with Crippen molar-refractivity contribution in [2.75, 3.05) is 30.9 Å². The fraction of sp³-hybridized carbons (Fsp3) is 0.211. The second-order valence-corrected chi connectivity index (χ2v) is 6.15. The van der Waals surface area contributed by atoms with Crippen LogP contribution in [-0.4, -0.2) is 31.2 Å². The highest BCUT2D eigenvalue weighted by Gasteiger charge is 2.33. The van der Waals surface area contributed by atoms with Crippen molar-refractivity contribution in [3.05, 3.63) is 59.3 Å². The molecule has 0 fully saturated rings. The van der Waals surface area contributed by atoms with E-state index in [-0.39, 0.29) is 41.0 Å². The van der Waals surface area contributed by atoms with Gasteiger partial charge in [0.1, 0.15) is 0 Å². The summed E-state index contributed by atoms with van der Waals surface area (Å²) in [5.74, 6) is -2.85. The zero-order chi connectivity index (χ0) is 21.2. The predicted octanol–water partition coefficient (Wildman–Crippen LogP) is 4.78. The van der Waals surface area contributed by atoms with Gasteiger partial charge in [-0.3, -0.25) is 4.79 Å². The van der Waals surface area contributed by atoms with Crippen LogP contribution in [0, 0.1) is 11.6 Å². The molecule has 0 atom stereocenters. The Labute approximate surface area is 161 Å². The van der Waals surface area contributed by atoms with Crippen LogP contribution >= 0.6 is 0 Å². The average molecular weight is 413 g/mol. The summed E-state index contributed by atoms with van der Waals surface area (Å²) in [6.07, 6.45) is -3.27. The van der Waals surface area contributed by atoms with Gasteiger partial charge < -0.3 is 20.4 Å². The Kier molecular flexibility index (Phi) is 5.73. The molecule has 5 nitrogen and oxygen atoms in total. The number of carbonyl (C=O) groups is 1. The highest BCUT2D eigenvalue weighted by molar-refractivity contribution is 6.09. The normalized spacial score (nSPS) is 11.7. The number of halogens is 5. The summed E-state index contributed by atoms with van der Waals surface area (Å²) in [6.45, 7) is 0.281. The number of carbonyl (C=O) groups excluding carboxylic acids is 1. The summed E-state index contributed by atoms with van der Waals surface area (Å²) in [6, 6.07) is 4.77. The zero-order valence-corrected chi connectivity index (χ0v) is 15.1. The summed E-state index contributed by atoms with van der Waals surface area (Å²) in [4.78, 5) is 15.2. The van der Waals surface area contributed by atoms with Gasteiger partial charge in [0, 0.05) is 42.6 Å². The number of rotatable bonds is 6. The third-order valence-electron chi connectivity index (χ3n) is 4.18. The zero-order valence-electron chi connectivity index (χ0n) is 15.1. The smallest absolute Gasteiger partial charge is 0.383 e. The van der Waals surface area contributed by atoms with Gasteiger partial charge in [0.05, 0.1) is 23.4 Å². The van der Waals surface area contributed by atoms with Gasteiger partial charge in [-0.15, -0.1) is 0 Å². The van der Waals surface area contributed by atoms with Crippen LogP contribution in [0.5, 0.6) is 0 Å². The maximum Gasteiger partial charge on any atom is 0.418 e. The molecule has 2 aromatic carbocycles. The Morgan fingerprint density at radius 3 is 2.52 bits per heavy atom. The molecular weight excluding hydrogens is 397 g/mol. The Hall–Kier alpha value is -3.14. The molecular formula is C19H16F5N3O2. The summed E-state index contributed by atoms with van der Waals surface area (Å²) in [5, 5.41) is 5.31. The van der Waals surface area contributed by atoms with E-state index in [1.807, 2.05) is 0 Å². The lowest BCUT2D eigenvalue weighted by molar-refractivity contribution is -0.137. The number of ether oxygens (including phenoxy) is 1. The SMILES string of the molecule is COCCNc1cc(C(=O)Nc2c[nH]c3cc(F)c(F)cc23)ccc1C(F)(F)F. The number of aromatic nitrogens is 1. The standard InChI is InChI=1S/C19H16F5N3O2/c1-29-5-4-25-16-6-10(2-3-12(16)19(22,23)24)18(28)27-17-9-26-15-8-14(21)13(20)7-11(15)17/h2-3,6-9,25-26H,4-5H2,1H3,(H,27,28). The fourth-order valence-corrected chi connectivity index (χ4v) is 2.78. The minimum absolute atomic E-state index is 0.0464. The van der Waals surface area contributed by atoms with E-state index in [9.17, 15) is 26.7 Å². The lowest BCUT2D eigenvalue weighted by Crippen LogP contribution is -2.17. The first kappa shape index (κ1) is 20.6. The number of benzene rings is 2. The van der Waals surface area contributed by atoms with E-state index in [1.54, 1.807) is 0 Å². The van der Waals surface area contributed by atoms with Crippen molar-refractivity contribution in [3.8, 4) is 0 Å². The molecule has 0 aliphatic heterocycles. The number of methoxy groups -OCH3 is 1. The van der Waals surface area contributed by atoms with Crippen LogP contribution < -0.4 is 10.6 Å². The molecule has 0 unspecified atom stereocenters. The van der Waals surface area contributed by atoms with Gasteiger partial charge in [-0.05, 0) is 24.3 Å². The number of alkyl halides is 3. The Balaban J connectivity index is 1.89. The third-order valence-corrected chi connectivity index (χ3v) is 4.18. The maximum atomic E-state index is 13.5. The molecule has 0 aliphatic rings. The molecule has 0 saturated carbocycles. The van der Waals surface area contributed by atoms with Crippen LogP contribution in [0.4, 0.5) is 33.3 Å². The number of aromatic amines is 1. The van der Waals surface area contributed by atoms with E-state index in [4.69, 9.17) is 4.74 Å². The predicted molar refractivity (Wildman–Crippen MR) is 98.0 cm³/mol. The summed E-state index contributed by atoms with van der Waals surface area (Å²) in [5.41, 5.74) is -0.815. The van der Waals surface area contributed by atoms with Crippen LogP contribution in [-0.2, 0) is 10.9 Å². The van der Waals surface area contributed by atoms with Gasteiger partial charge in [-0.25, -0.2) is 8.78 Å². The lowest BCUT2D eigenvalue weighted by Gasteiger charge is -2.16. The van der Waals surface area contributed by atoms with E-state index in [0.29, 0.717) is 0 Å². The van der Waals surface area contributed by atoms with Crippen molar-refractivity contribution in [3.63, 3.8) is 0 Å². The molecule has 1 heterocycles. The number of hydrogen-bond acceptors (Lipinski definition) is 3. The van der Waals surface area contributed by atoms with Crippen LogP contribution in [0.3, 0.4) is 0 Å². The van der Waals surface area contributed by atoms with Gasteiger partial charge in [0.15, 0.2) is 11.6 Å². The van der Waals surface area contributed by atoms with Crippen molar-refractivity contribution in [2.24, 2.45) is 0 Å². The van der Waals surface area contributed by atoms with E-state index in [2.05, 4.69) is 15.6 Å². The topological polar surface area (TPSA) is 66.2 Å². The molecule has 3 rings (SSSR count). The number of nitrogens with one attached hydrogen (secondary N) is 3. The van der Waals surface area contributed by atoms with Crippen molar-refractivity contribution < 1.29 is 31.5 Å². The van der Waals surface area contributed by atoms with Gasteiger partial charge in [0.2, 0.25) is 0 Å². The van der Waals surface area contributed by atoms with Gasteiger partial charge in [0.25, 0.3) is 5.91 Å². The largest absolute Gasteiger partial charge is 0.418 e. The van der Waals surface area contributed by atoms with E-state index < -0.39 is 29.3 Å². The number of H-pyrrole nitrogens is 1. The molecule has 3 N–H and O–H groups in total. The fourth-order valence-electron chi connectivity index (χ4n) is 2.78. The number of anilines is 2. The lowest BCUT2D eigenvalue weighted by atomic mass is 10.1. The summed E-state index contributed by atoms with van der Waals surface area (Å²) < 4.78 is 71.2. The molecule has 154 valence electrons. The first-order chi connectivity index (χ1) is 13.7. The summed E-state index contributed by atoms with van der Waals surface area (Å²) >= 11 is 0. The third kappa shape index (κ3) is 4.48. The second kappa shape index (κ2) is 8.08. The molecule has 1 aromatic heterocycles. The Bertz CT molecular complexity index is 1050. The van der Waals surface area contributed by atoms with Gasteiger partial charge >= 0.3 is 6.18 Å². The minimum Gasteiger partial charge on any atom is -0.383 e. The highest BCUT2D eigenvalue weighted by atomic mass is 19.4. The molecule has 29 heavy (non-hydrogen) atoms. The van der Waals surface area contributed by atoms with E-state index in [0.717, 1.165) is 30.3 Å².